The van der Waals surface area contributed by atoms with Crippen LogP contribution in [0.3, 0.4) is 0 Å². The van der Waals surface area contributed by atoms with E-state index in [1.54, 1.807) is 0 Å². The lowest BCUT2D eigenvalue weighted by Crippen LogP contribution is -1.87. The van der Waals surface area contributed by atoms with E-state index in [1.165, 1.54) is 5.56 Å². The molecule has 0 aliphatic carbocycles. The van der Waals surface area contributed by atoms with Crippen molar-refractivity contribution in [2.24, 2.45) is 0 Å². The fraction of sp³-hybridized carbons (Fsp3) is 0.0500. The molecule has 0 amide bonds. The lowest BCUT2D eigenvalue weighted by Gasteiger charge is -2.02. The van der Waals surface area contributed by atoms with Gasteiger partial charge in [0.25, 0.3) is 0 Å². The Kier molecular flexibility index (Phi) is 4.13. The zero-order valence-electron chi connectivity index (χ0n) is 12.7. The molecule has 0 saturated carbocycles. The maximum atomic E-state index is 6.31. The van der Waals surface area contributed by atoms with E-state index < -0.39 is 0 Å². The van der Waals surface area contributed by atoms with Crippen LogP contribution in [0.2, 0.25) is 5.02 Å². The van der Waals surface area contributed by atoms with Crippen molar-refractivity contribution in [2.75, 3.05) is 0 Å². The van der Waals surface area contributed by atoms with Crippen molar-refractivity contribution in [2.45, 2.75) is 6.42 Å². The van der Waals surface area contributed by atoms with E-state index >= 15 is 0 Å². The maximum Gasteiger partial charge on any atom is 0.228 e. The second kappa shape index (κ2) is 6.42. The van der Waals surface area contributed by atoms with Crippen molar-refractivity contribution >= 4 is 38.6 Å². The number of nitrogens with zero attached hydrogens (tertiary/aromatic N) is 1. The Balaban J connectivity index is 1.81. The third-order valence-electron chi connectivity index (χ3n) is 3.89. The van der Waals surface area contributed by atoms with Crippen LogP contribution in [0.15, 0.2) is 75.6 Å². The van der Waals surface area contributed by atoms with Crippen LogP contribution >= 0.6 is 27.5 Å². The number of fused-ring (bicyclic) bond motifs is 1. The molecule has 1 heterocycles. The summed E-state index contributed by atoms with van der Waals surface area (Å²) in [5.41, 5.74) is 4.79. The van der Waals surface area contributed by atoms with Gasteiger partial charge in [0.05, 0.1) is 10.6 Å². The molecule has 118 valence electrons. The monoisotopic (exact) mass is 397 g/mol. The maximum absolute atomic E-state index is 6.31. The normalized spacial score (nSPS) is 11.1. The summed E-state index contributed by atoms with van der Waals surface area (Å²) in [7, 11) is 0. The number of oxazole rings is 1. The lowest BCUT2D eigenvalue weighted by atomic mass is 10.0. The predicted octanol–water partition coefficient (Wildman–Crippen LogP) is 6.50. The number of hydrogen-bond donors (Lipinski definition) is 0. The Morgan fingerprint density at radius 1 is 0.958 bits per heavy atom. The Morgan fingerprint density at radius 2 is 1.79 bits per heavy atom. The molecule has 2 nitrogen and oxygen atoms in total. The number of halogens is 2. The van der Waals surface area contributed by atoms with Gasteiger partial charge in [-0.3, -0.25) is 0 Å². The highest BCUT2D eigenvalue weighted by atomic mass is 79.9. The number of aromatic nitrogens is 1. The second-order valence-corrected chi connectivity index (χ2v) is 6.89. The Labute approximate surface area is 153 Å². The van der Waals surface area contributed by atoms with Crippen LogP contribution in [0, 0.1) is 0 Å². The molecule has 24 heavy (non-hydrogen) atoms. The first-order valence-electron chi connectivity index (χ1n) is 7.58. The molecule has 0 unspecified atom stereocenters. The largest absolute Gasteiger partial charge is 0.436 e. The highest BCUT2D eigenvalue weighted by Crippen LogP contribution is 2.33. The van der Waals surface area contributed by atoms with E-state index in [9.17, 15) is 0 Å². The van der Waals surface area contributed by atoms with E-state index in [0.717, 1.165) is 33.1 Å². The summed E-state index contributed by atoms with van der Waals surface area (Å²) in [6.07, 6.45) is 0.805. The van der Waals surface area contributed by atoms with Crippen molar-refractivity contribution in [3.05, 3.63) is 87.4 Å². The van der Waals surface area contributed by atoms with Crippen LogP contribution in [0.4, 0.5) is 0 Å². The van der Waals surface area contributed by atoms with Gasteiger partial charge in [-0.2, -0.15) is 0 Å². The molecule has 0 aliphatic heterocycles. The van der Waals surface area contributed by atoms with Crippen LogP contribution in [0.25, 0.3) is 22.6 Å². The van der Waals surface area contributed by atoms with E-state index in [4.69, 9.17) is 16.0 Å². The van der Waals surface area contributed by atoms with Gasteiger partial charge in [-0.1, -0.05) is 70.0 Å². The van der Waals surface area contributed by atoms with Crippen molar-refractivity contribution in [3.8, 4) is 11.5 Å². The van der Waals surface area contributed by atoms with E-state index in [2.05, 4.69) is 39.1 Å². The van der Waals surface area contributed by atoms with Gasteiger partial charge in [-0.15, -0.1) is 0 Å². The molecule has 0 aliphatic rings. The Morgan fingerprint density at radius 3 is 2.62 bits per heavy atom. The number of benzene rings is 3. The Hall–Kier alpha value is -2.10. The molecule has 0 atom stereocenters. The summed E-state index contributed by atoms with van der Waals surface area (Å²) < 4.78 is 7.02. The predicted molar refractivity (Wildman–Crippen MR) is 101 cm³/mol. The van der Waals surface area contributed by atoms with Gasteiger partial charge in [-0.25, -0.2) is 4.98 Å². The van der Waals surface area contributed by atoms with Gasteiger partial charge in [0, 0.05) is 16.5 Å². The fourth-order valence-electron chi connectivity index (χ4n) is 2.74. The second-order valence-electron chi connectivity index (χ2n) is 5.57. The van der Waals surface area contributed by atoms with Gasteiger partial charge in [-0.05, 0) is 29.8 Å². The summed E-state index contributed by atoms with van der Waals surface area (Å²) in [5, 5.41) is 0.620. The molecule has 0 radical (unpaired) electrons. The molecule has 0 saturated heterocycles. The molecule has 1 aromatic heterocycles. The van der Waals surface area contributed by atoms with Gasteiger partial charge in [0.15, 0.2) is 5.58 Å². The first kappa shape index (κ1) is 15.4. The van der Waals surface area contributed by atoms with Gasteiger partial charge < -0.3 is 4.42 Å². The number of para-hydroxylation sites is 1. The number of rotatable bonds is 3. The molecule has 0 bridgehead atoms. The van der Waals surface area contributed by atoms with Gasteiger partial charge >= 0.3 is 0 Å². The summed E-state index contributed by atoms with van der Waals surface area (Å²) in [6, 6.07) is 22.0. The summed E-state index contributed by atoms with van der Waals surface area (Å²) in [5.74, 6) is 0.539. The first-order valence-corrected chi connectivity index (χ1v) is 8.75. The standard InChI is InChI=1S/C20H13BrClNO/c21-15-9-10-17(22)16(12-15)20-23-18-8-4-7-14(19(18)24-20)11-13-5-2-1-3-6-13/h1-10,12H,11H2. The summed E-state index contributed by atoms with van der Waals surface area (Å²) >= 11 is 9.78. The molecule has 4 aromatic rings. The minimum atomic E-state index is 0.539. The minimum absolute atomic E-state index is 0.539. The van der Waals surface area contributed by atoms with Gasteiger partial charge in [0.1, 0.15) is 5.52 Å². The van der Waals surface area contributed by atoms with Crippen molar-refractivity contribution in [1.82, 2.24) is 4.98 Å². The highest BCUT2D eigenvalue weighted by molar-refractivity contribution is 9.10. The van der Waals surface area contributed by atoms with Crippen LogP contribution in [0.1, 0.15) is 11.1 Å². The van der Waals surface area contributed by atoms with Crippen LogP contribution in [-0.4, -0.2) is 4.98 Å². The molecular formula is C20H13BrClNO. The third-order valence-corrected chi connectivity index (χ3v) is 4.72. The quantitative estimate of drug-likeness (QED) is 0.393. The molecule has 0 N–H and O–H groups in total. The fourth-order valence-corrected chi connectivity index (χ4v) is 3.30. The SMILES string of the molecule is Clc1ccc(Br)cc1-c1nc2cccc(Cc3ccccc3)c2o1. The van der Waals surface area contributed by atoms with E-state index in [1.807, 2.05) is 48.5 Å². The van der Waals surface area contributed by atoms with Crippen molar-refractivity contribution in [3.63, 3.8) is 0 Å². The van der Waals surface area contributed by atoms with E-state index in [0.29, 0.717) is 10.9 Å². The average molecular weight is 399 g/mol. The molecular weight excluding hydrogens is 386 g/mol. The molecule has 4 heteroatoms. The van der Waals surface area contributed by atoms with Crippen LogP contribution in [0.5, 0.6) is 0 Å². The molecule has 0 spiro atoms. The first-order chi connectivity index (χ1) is 11.7. The zero-order chi connectivity index (χ0) is 16.5. The average Bonchev–Trinajstić information content (AvgIpc) is 3.03. The van der Waals surface area contributed by atoms with Crippen molar-refractivity contribution in [1.29, 1.82) is 0 Å². The smallest absolute Gasteiger partial charge is 0.228 e. The van der Waals surface area contributed by atoms with Gasteiger partial charge in [0.2, 0.25) is 5.89 Å². The Bertz CT molecular complexity index is 1010. The van der Waals surface area contributed by atoms with Crippen LogP contribution < -0.4 is 0 Å². The number of hydrogen-bond acceptors (Lipinski definition) is 2. The molecule has 3 aromatic carbocycles. The zero-order valence-corrected chi connectivity index (χ0v) is 15.0. The highest BCUT2D eigenvalue weighted by Gasteiger charge is 2.14. The minimum Gasteiger partial charge on any atom is -0.436 e. The molecule has 4 rings (SSSR count). The summed E-state index contributed by atoms with van der Waals surface area (Å²) in [6.45, 7) is 0. The third kappa shape index (κ3) is 2.97. The summed E-state index contributed by atoms with van der Waals surface area (Å²) in [4.78, 5) is 4.62. The lowest BCUT2D eigenvalue weighted by molar-refractivity contribution is 0.616. The van der Waals surface area contributed by atoms with Crippen molar-refractivity contribution < 1.29 is 4.42 Å². The van der Waals surface area contributed by atoms with E-state index in [-0.39, 0.29) is 0 Å². The van der Waals surface area contributed by atoms with Crippen LogP contribution in [-0.2, 0) is 6.42 Å². The topological polar surface area (TPSA) is 26.0 Å². The molecule has 0 fully saturated rings.